The molecule has 0 radical (unpaired) electrons. The predicted molar refractivity (Wildman–Crippen MR) is 114 cm³/mol. The van der Waals surface area contributed by atoms with Crippen molar-refractivity contribution >= 4 is 21.4 Å². The smallest absolute Gasteiger partial charge is 0.227 e. The summed E-state index contributed by atoms with van der Waals surface area (Å²) in [6.45, 7) is 0. The molecule has 2 N–H and O–H groups in total. The van der Waals surface area contributed by atoms with E-state index in [9.17, 15) is 8.42 Å². The van der Waals surface area contributed by atoms with Gasteiger partial charge in [-0.1, -0.05) is 23.7 Å². The molecular formula is C21H19ClN2O6S. The summed E-state index contributed by atoms with van der Waals surface area (Å²) in [4.78, 5) is 8.91. The van der Waals surface area contributed by atoms with Gasteiger partial charge in [-0.05, 0) is 35.9 Å². The Morgan fingerprint density at radius 2 is 1.84 bits per heavy atom. The number of rotatable bonds is 6. The lowest BCUT2D eigenvalue weighted by Crippen LogP contribution is -2.07. The van der Waals surface area contributed by atoms with E-state index in [1.807, 2.05) is 0 Å². The molecule has 0 fully saturated rings. The van der Waals surface area contributed by atoms with Crippen LogP contribution in [0, 0.1) is 0 Å². The van der Waals surface area contributed by atoms with Crippen LogP contribution in [-0.4, -0.2) is 42.0 Å². The van der Waals surface area contributed by atoms with Crippen molar-refractivity contribution in [2.24, 2.45) is 0 Å². The molecule has 1 aliphatic rings. The van der Waals surface area contributed by atoms with Crippen LogP contribution >= 0.6 is 11.6 Å². The molecule has 0 unspecified atom stereocenters. The van der Waals surface area contributed by atoms with Crippen LogP contribution in [0.15, 0.2) is 42.5 Å². The highest BCUT2D eigenvalue weighted by Gasteiger charge is 2.31. The fraction of sp³-hybridized carbons (Fsp3) is 0.238. The van der Waals surface area contributed by atoms with Crippen molar-refractivity contribution in [1.82, 2.24) is 9.97 Å². The van der Waals surface area contributed by atoms with E-state index < -0.39 is 16.1 Å². The Kier molecular flexibility index (Phi) is 5.85. The van der Waals surface area contributed by atoms with E-state index in [1.165, 1.54) is 7.11 Å². The molecular weight excluding hydrogens is 444 g/mol. The molecule has 0 bridgehead atoms. The predicted octanol–water partition coefficient (Wildman–Crippen LogP) is 2.88. The second kappa shape index (κ2) is 8.43. The van der Waals surface area contributed by atoms with Crippen LogP contribution in [0.25, 0.3) is 11.4 Å². The highest BCUT2D eigenvalue weighted by molar-refractivity contribution is 7.90. The molecule has 0 atom stereocenters. The van der Waals surface area contributed by atoms with Crippen molar-refractivity contribution in [3.63, 3.8) is 0 Å². The molecule has 0 amide bonds. The Balaban J connectivity index is 1.72. The van der Waals surface area contributed by atoms with Crippen molar-refractivity contribution in [1.29, 1.82) is 0 Å². The minimum Gasteiger partial charge on any atom is -0.495 e. The molecule has 10 heteroatoms. The van der Waals surface area contributed by atoms with Crippen LogP contribution in [0.4, 0.5) is 0 Å². The summed E-state index contributed by atoms with van der Waals surface area (Å²) in [6.07, 6.45) is -1.36. The van der Waals surface area contributed by atoms with Gasteiger partial charge in [0.05, 0.1) is 34.9 Å². The maximum Gasteiger partial charge on any atom is 0.227 e. The number of hydrogen-bond acceptors (Lipinski definition) is 8. The summed E-state index contributed by atoms with van der Waals surface area (Å²) < 4.78 is 35.5. The minimum atomic E-state index is -3.34. The molecule has 1 aliphatic heterocycles. The van der Waals surface area contributed by atoms with Gasteiger partial charge in [0.1, 0.15) is 11.5 Å². The van der Waals surface area contributed by atoms with Gasteiger partial charge in [-0.2, -0.15) is 4.98 Å². The zero-order valence-corrected chi connectivity index (χ0v) is 18.0. The van der Waals surface area contributed by atoms with E-state index in [0.717, 1.165) is 0 Å². The van der Waals surface area contributed by atoms with Crippen molar-refractivity contribution < 1.29 is 28.1 Å². The van der Waals surface area contributed by atoms with Crippen molar-refractivity contribution in [3.8, 4) is 28.8 Å². The van der Waals surface area contributed by atoms with E-state index >= 15 is 0 Å². The number of sulfone groups is 1. The molecule has 0 spiro atoms. The second-order valence-corrected chi connectivity index (χ2v) is 9.56. The van der Waals surface area contributed by atoms with Crippen LogP contribution < -0.4 is 9.47 Å². The maximum atomic E-state index is 12.2. The number of benzene rings is 2. The summed E-state index contributed by atoms with van der Waals surface area (Å²) in [7, 11) is -1.83. The third-order valence-electron chi connectivity index (χ3n) is 4.74. The Labute approximate surface area is 184 Å². The highest BCUT2D eigenvalue weighted by Crippen LogP contribution is 2.36. The summed E-state index contributed by atoms with van der Waals surface area (Å²) >= 11 is 6.22. The lowest BCUT2D eigenvalue weighted by molar-refractivity contribution is -0.0381. The number of hydrogen-bond donors (Lipinski definition) is 2. The molecule has 4 rings (SSSR count). The number of halogens is 1. The van der Waals surface area contributed by atoms with Gasteiger partial charge in [-0.25, -0.2) is 13.4 Å². The third kappa shape index (κ3) is 4.80. The number of aliphatic hydroxyl groups is 2. The Morgan fingerprint density at radius 1 is 1.10 bits per heavy atom. The number of fused-ring (bicyclic) bond motifs is 1. The van der Waals surface area contributed by atoms with E-state index in [4.69, 9.17) is 31.3 Å². The van der Waals surface area contributed by atoms with Gasteiger partial charge in [-0.3, -0.25) is 0 Å². The van der Waals surface area contributed by atoms with Crippen molar-refractivity contribution in [2.45, 2.75) is 24.2 Å². The average molecular weight is 463 g/mol. The SMILES string of the molecule is COc1ccc(-c2nc3c(c(Oc4ccc(CC(O)O)cc4)n2)CS(=O)(=O)C3)cc1Cl. The van der Waals surface area contributed by atoms with Gasteiger partial charge in [0.15, 0.2) is 22.0 Å². The summed E-state index contributed by atoms with van der Waals surface area (Å²) in [5, 5.41) is 18.6. The minimum absolute atomic E-state index is 0.0871. The number of nitrogens with zero attached hydrogens (tertiary/aromatic N) is 2. The van der Waals surface area contributed by atoms with Crippen LogP contribution in [-0.2, 0) is 27.8 Å². The number of methoxy groups -OCH3 is 1. The van der Waals surface area contributed by atoms with E-state index in [0.29, 0.717) is 38.9 Å². The summed E-state index contributed by atoms with van der Waals surface area (Å²) in [6, 6.07) is 11.7. The Morgan fingerprint density at radius 3 is 2.48 bits per heavy atom. The molecule has 3 aromatic rings. The van der Waals surface area contributed by atoms with Crippen LogP contribution in [0.5, 0.6) is 17.4 Å². The van der Waals surface area contributed by atoms with Gasteiger partial charge in [0, 0.05) is 12.0 Å². The molecule has 2 aromatic carbocycles. The van der Waals surface area contributed by atoms with E-state index in [2.05, 4.69) is 9.97 Å². The topological polar surface area (TPSA) is 119 Å². The monoisotopic (exact) mass is 462 g/mol. The molecule has 0 saturated heterocycles. The van der Waals surface area contributed by atoms with Gasteiger partial charge in [0.25, 0.3) is 0 Å². The summed E-state index contributed by atoms with van der Waals surface area (Å²) in [5.74, 6) is 0.985. The lowest BCUT2D eigenvalue weighted by Gasteiger charge is -2.12. The van der Waals surface area contributed by atoms with E-state index in [1.54, 1.807) is 42.5 Å². The number of aromatic nitrogens is 2. The first-order chi connectivity index (χ1) is 14.7. The molecule has 0 aliphatic carbocycles. The maximum absolute atomic E-state index is 12.2. The second-order valence-electron chi connectivity index (χ2n) is 7.09. The van der Waals surface area contributed by atoms with Crippen molar-refractivity contribution in [3.05, 3.63) is 64.3 Å². The zero-order valence-electron chi connectivity index (χ0n) is 16.4. The Bertz CT molecular complexity index is 1230. The molecule has 0 saturated carbocycles. The van der Waals surface area contributed by atoms with Crippen LogP contribution in [0.1, 0.15) is 16.8 Å². The standard InChI is InChI=1S/C21H19ClN2O6S/c1-29-18-7-4-13(9-16(18)22)20-23-17-11-31(27,28)10-15(17)21(24-20)30-14-5-2-12(3-6-14)8-19(25)26/h2-7,9,19,25-26H,8,10-11H2,1H3. The molecule has 8 nitrogen and oxygen atoms in total. The number of ether oxygens (including phenoxy) is 2. The number of aliphatic hydroxyl groups excluding tert-OH is 1. The molecule has 162 valence electrons. The van der Waals surface area contributed by atoms with Crippen molar-refractivity contribution in [2.75, 3.05) is 7.11 Å². The first-order valence-electron chi connectivity index (χ1n) is 9.31. The van der Waals surface area contributed by atoms with Gasteiger partial charge in [-0.15, -0.1) is 0 Å². The normalized spacial score (nSPS) is 14.5. The largest absolute Gasteiger partial charge is 0.495 e. The van der Waals surface area contributed by atoms with Crippen LogP contribution in [0.3, 0.4) is 0 Å². The van der Waals surface area contributed by atoms with Gasteiger partial charge >= 0.3 is 0 Å². The van der Waals surface area contributed by atoms with Gasteiger partial charge in [0.2, 0.25) is 5.88 Å². The quantitative estimate of drug-likeness (QED) is 0.537. The molecule has 1 aromatic heterocycles. The first kappa shape index (κ1) is 21.5. The summed E-state index contributed by atoms with van der Waals surface area (Å²) in [5.41, 5.74) is 2.13. The zero-order chi connectivity index (χ0) is 22.2. The Hall–Kier alpha value is -2.72. The first-order valence-corrected chi connectivity index (χ1v) is 11.5. The van der Waals surface area contributed by atoms with E-state index in [-0.39, 0.29) is 29.6 Å². The fourth-order valence-corrected chi connectivity index (χ4v) is 5.03. The third-order valence-corrected chi connectivity index (χ3v) is 6.48. The fourth-order valence-electron chi connectivity index (χ4n) is 3.29. The lowest BCUT2D eigenvalue weighted by atomic mass is 10.1. The average Bonchev–Trinajstić information content (AvgIpc) is 3.03. The van der Waals surface area contributed by atoms with Gasteiger partial charge < -0.3 is 19.7 Å². The van der Waals surface area contributed by atoms with Crippen LogP contribution in [0.2, 0.25) is 5.02 Å². The highest BCUT2D eigenvalue weighted by atomic mass is 35.5. The molecule has 2 heterocycles. The molecule has 31 heavy (non-hydrogen) atoms.